The number of nitrogens with zero attached hydrogens (tertiary/aromatic N) is 1. The van der Waals surface area contributed by atoms with Gasteiger partial charge in [-0.15, -0.1) is 0 Å². The summed E-state index contributed by atoms with van der Waals surface area (Å²) in [7, 11) is 2.69. The van der Waals surface area contributed by atoms with Gasteiger partial charge in [0.2, 0.25) is 5.91 Å². The molecule has 0 unspecified atom stereocenters. The normalized spacial score (nSPS) is 10.3. The van der Waals surface area contributed by atoms with E-state index in [4.69, 9.17) is 16.3 Å². The van der Waals surface area contributed by atoms with Gasteiger partial charge in [-0.3, -0.25) is 9.59 Å². The Morgan fingerprint density at radius 3 is 2.44 bits per heavy atom. The van der Waals surface area contributed by atoms with Gasteiger partial charge >= 0.3 is 0 Å². The number of anilines is 1. The summed E-state index contributed by atoms with van der Waals surface area (Å²) in [6.07, 6.45) is 0. The van der Waals surface area contributed by atoms with Gasteiger partial charge in [0, 0.05) is 12.1 Å². The predicted octanol–water partition coefficient (Wildman–Crippen LogP) is 3.34. The summed E-state index contributed by atoms with van der Waals surface area (Å²) in [4.78, 5) is 25.2. The Bertz CT molecular complexity index is 794. The van der Waals surface area contributed by atoms with Crippen molar-refractivity contribution in [2.75, 3.05) is 26.0 Å². The van der Waals surface area contributed by atoms with Crippen molar-refractivity contribution in [3.05, 3.63) is 58.6 Å². The van der Waals surface area contributed by atoms with E-state index in [1.807, 2.05) is 0 Å². The molecule has 132 valence electrons. The molecule has 0 aliphatic rings. The molecule has 0 radical (unpaired) electrons. The Kier molecular flexibility index (Phi) is 5.93. The molecule has 25 heavy (non-hydrogen) atoms. The van der Waals surface area contributed by atoms with Crippen LogP contribution in [0.2, 0.25) is 5.02 Å². The van der Waals surface area contributed by atoms with Crippen molar-refractivity contribution in [3.63, 3.8) is 0 Å². The highest BCUT2D eigenvalue weighted by molar-refractivity contribution is 6.31. The molecule has 5 nitrogen and oxygen atoms in total. The maximum atomic E-state index is 13.7. The van der Waals surface area contributed by atoms with Crippen LogP contribution in [0, 0.1) is 11.6 Å². The standard InChI is InChI=1S/C17H15ClF2N2O3/c1-22(17(24)16-11(19)4-3-5-12(16)20)9-15(23)21-13-8-10(18)6-7-14(13)25-2/h3-8H,9H2,1-2H3,(H,21,23). The fourth-order valence-electron chi connectivity index (χ4n) is 2.15. The molecule has 0 aliphatic heterocycles. The average molecular weight is 369 g/mol. The third-order valence-electron chi connectivity index (χ3n) is 3.34. The van der Waals surface area contributed by atoms with E-state index in [1.165, 1.54) is 20.2 Å². The van der Waals surface area contributed by atoms with Crippen LogP contribution < -0.4 is 10.1 Å². The topological polar surface area (TPSA) is 58.6 Å². The van der Waals surface area contributed by atoms with Gasteiger partial charge < -0.3 is 15.0 Å². The van der Waals surface area contributed by atoms with Crippen LogP contribution in [0.15, 0.2) is 36.4 Å². The summed E-state index contributed by atoms with van der Waals surface area (Å²) < 4.78 is 32.4. The molecule has 0 saturated heterocycles. The summed E-state index contributed by atoms with van der Waals surface area (Å²) in [5, 5.41) is 2.92. The minimum atomic E-state index is -0.992. The molecule has 0 spiro atoms. The molecule has 1 N–H and O–H groups in total. The SMILES string of the molecule is COc1ccc(Cl)cc1NC(=O)CN(C)C(=O)c1c(F)cccc1F. The molecule has 2 amide bonds. The van der Waals surface area contributed by atoms with E-state index in [9.17, 15) is 18.4 Å². The second-order valence-corrected chi connectivity index (χ2v) is 5.59. The number of hydrogen-bond acceptors (Lipinski definition) is 3. The maximum Gasteiger partial charge on any atom is 0.260 e. The van der Waals surface area contributed by atoms with Crippen molar-refractivity contribution in [2.45, 2.75) is 0 Å². The highest BCUT2D eigenvalue weighted by Gasteiger charge is 2.22. The van der Waals surface area contributed by atoms with Gasteiger partial charge in [0.25, 0.3) is 5.91 Å². The van der Waals surface area contributed by atoms with Gasteiger partial charge in [-0.25, -0.2) is 8.78 Å². The number of carbonyl (C=O) groups excluding carboxylic acids is 2. The van der Waals surface area contributed by atoms with Crippen LogP contribution in [0.3, 0.4) is 0 Å². The summed E-state index contributed by atoms with van der Waals surface area (Å²) >= 11 is 5.87. The summed E-state index contributed by atoms with van der Waals surface area (Å²) in [5.74, 6) is -3.12. The Balaban J connectivity index is 2.10. The molecule has 2 aromatic rings. The Labute approximate surface area is 148 Å². The van der Waals surface area contributed by atoms with E-state index in [0.29, 0.717) is 16.5 Å². The van der Waals surface area contributed by atoms with Crippen molar-refractivity contribution >= 4 is 29.1 Å². The molecule has 0 bridgehead atoms. The van der Waals surface area contributed by atoms with Crippen molar-refractivity contribution in [3.8, 4) is 5.75 Å². The third kappa shape index (κ3) is 4.45. The van der Waals surface area contributed by atoms with Gasteiger partial charge in [-0.05, 0) is 30.3 Å². The molecular formula is C17H15ClF2N2O3. The molecule has 0 fully saturated rings. The molecule has 0 aliphatic carbocycles. The number of amides is 2. The number of nitrogens with one attached hydrogen (secondary N) is 1. The van der Waals surface area contributed by atoms with Crippen molar-refractivity contribution < 1.29 is 23.1 Å². The van der Waals surface area contributed by atoms with E-state index >= 15 is 0 Å². The van der Waals surface area contributed by atoms with Crippen LogP contribution in [-0.2, 0) is 4.79 Å². The predicted molar refractivity (Wildman–Crippen MR) is 90.0 cm³/mol. The molecule has 2 rings (SSSR count). The smallest absolute Gasteiger partial charge is 0.260 e. The first-order valence-corrected chi connectivity index (χ1v) is 7.54. The van der Waals surface area contributed by atoms with Crippen LogP contribution in [0.4, 0.5) is 14.5 Å². The van der Waals surface area contributed by atoms with Crippen LogP contribution in [0.25, 0.3) is 0 Å². The zero-order valence-corrected chi connectivity index (χ0v) is 14.2. The Morgan fingerprint density at radius 1 is 1.20 bits per heavy atom. The first-order chi connectivity index (χ1) is 11.8. The molecule has 8 heteroatoms. The quantitative estimate of drug-likeness (QED) is 0.880. The lowest BCUT2D eigenvalue weighted by molar-refractivity contribution is -0.116. The Hall–Kier alpha value is -2.67. The third-order valence-corrected chi connectivity index (χ3v) is 3.57. The second-order valence-electron chi connectivity index (χ2n) is 5.15. The van der Waals surface area contributed by atoms with Crippen LogP contribution in [0.1, 0.15) is 10.4 Å². The molecule has 0 atom stereocenters. The minimum absolute atomic E-state index is 0.318. The number of hydrogen-bond donors (Lipinski definition) is 1. The highest BCUT2D eigenvalue weighted by Crippen LogP contribution is 2.27. The lowest BCUT2D eigenvalue weighted by atomic mass is 10.1. The molecular weight excluding hydrogens is 354 g/mol. The first kappa shape index (κ1) is 18.7. The number of benzene rings is 2. The fourth-order valence-corrected chi connectivity index (χ4v) is 2.32. The zero-order chi connectivity index (χ0) is 18.6. The monoisotopic (exact) mass is 368 g/mol. The van der Waals surface area contributed by atoms with E-state index < -0.39 is 35.6 Å². The number of likely N-dealkylation sites (N-methyl/N-ethyl adjacent to an activating group) is 1. The maximum absolute atomic E-state index is 13.7. The van der Waals surface area contributed by atoms with E-state index in [-0.39, 0.29) is 0 Å². The van der Waals surface area contributed by atoms with Gasteiger partial charge in [0.05, 0.1) is 19.3 Å². The van der Waals surface area contributed by atoms with E-state index in [0.717, 1.165) is 23.1 Å². The van der Waals surface area contributed by atoms with Crippen LogP contribution in [-0.4, -0.2) is 37.4 Å². The Morgan fingerprint density at radius 2 is 1.84 bits per heavy atom. The summed E-state index contributed by atoms with van der Waals surface area (Å²) in [6.45, 7) is -0.414. The number of carbonyl (C=O) groups is 2. The van der Waals surface area contributed by atoms with Gasteiger partial charge in [0.1, 0.15) is 22.9 Å². The number of ether oxygens (including phenoxy) is 1. The van der Waals surface area contributed by atoms with Crippen LogP contribution in [0.5, 0.6) is 5.75 Å². The van der Waals surface area contributed by atoms with Gasteiger partial charge in [-0.1, -0.05) is 17.7 Å². The molecule has 0 aromatic heterocycles. The number of halogens is 3. The van der Waals surface area contributed by atoms with E-state index in [2.05, 4.69) is 5.32 Å². The van der Waals surface area contributed by atoms with Crippen molar-refractivity contribution in [1.82, 2.24) is 4.90 Å². The molecule has 0 saturated carbocycles. The van der Waals surface area contributed by atoms with Crippen molar-refractivity contribution in [1.29, 1.82) is 0 Å². The van der Waals surface area contributed by atoms with E-state index in [1.54, 1.807) is 12.1 Å². The average Bonchev–Trinajstić information content (AvgIpc) is 2.54. The molecule has 2 aromatic carbocycles. The van der Waals surface area contributed by atoms with Crippen molar-refractivity contribution in [2.24, 2.45) is 0 Å². The highest BCUT2D eigenvalue weighted by atomic mass is 35.5. The minimum Gasteiger partial charge on any atom is -0.495 e. The second kappa shape index (κ2) is 7.94. The van der Waals surface area contributed by atoms with Gasteiger partial charge in [0.15, 0.2) is 0 Å². The molecule has 0 heterocycles. The number of rotatable bonds is 5. The lowest BCUT2D eigenvalue weighted by Gasteiger charge is -2.18. The fraction of sp³-hybridized carbons (Fsp3) is 0.176. The zero-order valence-electron chi connectivity index (χ0n) is 13.5. The van der Waals surface area contributed by atoms with Gasteiger partial charge in [-0.2, -0.15) is 0 Å². The summed E-state index contributed by atoms with van der Waals surface area (Å²) in [5.41, 5.74) is -0.393. The van der Waals surface area contributed by atoms with Crippen LogP contribution >= 0.6 is 11.6 Å². The summed E-state index contributed by atoms with van der Waals surface area (Å²) in [6, 6.07) is 7.74. The lowest BCUT2D eigenvalue weighted by Crippen LogP contribution is -2.35. The largest absolute Gasteiger partial charge is 0.495 e. The number of methoxy groups -OCH3 is 1. The first-order valence-electron chi connectivity index (χ1n) is 7.16.